The van der Waals surface area contributed by atoms with E-state index in [1.165, 1.54) is 0 Å². The second kappa shape index (κ2) is 212. The van der Waals surface area contributed by atoms with E-state index in [9.17, 15) is 0 Å². The molecule has 0 aliphatic carbocycles. The van der Waals surface area contributed by atoms with Gasteiger partial charge in [0.15, 0.2) is 17.4 Å². The second-order valence-electron chi connectivity index (χ2n) is 0. The van der Waals surface area contributed by atoms with Gasteiger partial charge in [-0.05, 0) is 0 Å². The number of hydrogen-bond donors (Lipinski definition) is 0. The van der Waals surface area contributed by atoms with Gasteiger partial charge in [0.1, 0.15) is 0 Å². The van der Waals surface area contributed by atoms with E-state index in [2.05, 4.69) is 0 Å². The van der Waals surface area contributed by atoms with Gasteiger partial charge in [-0.15, -0.1) is 0 Å². The molecule has 0 aromatic carbocycles. The summed E-state index contributed by atoms with van der Waals surface area (Å²) in [4.78, 5) is 0. The van der Waals surface area contributed by atoms with E-state index >= 15 is 0 Å². The fourth-order valence-corrected chi connectivity index (χ4v) is 0. The molecule has 56 valence electrons. The zero-order valence-electron chi connectivity index (χ0n) is 3.39. The fraction of sp³-hybridized carbons (Fsp3) is 0. The minimum atomic E-state index is 0. The van der Waals surface area contributed by atoms with E-state index in [1.807, 2.05) is 0 Å². The van der Waals surface area contributed by atoms with Crippen LogP contribution in [-0.4, -0.2) is 44.7 Å². The smallest absolute Gasteiger partial charge is 0.187 e. The monoisotopic (exact) mass is 222 g/mol. The Morgan fingerprint density at radius 2 is 0.375 bits per heavy atom. The first kappa shape index (κ1) is 305. The molecule has 0 bridgehead atoms. The molecule has 0 heterocycles. The summed E-state index contributed by atoms with van der Waals surface area (Å²) in [5.74, 6) is 0. The molecule has 0 atom stereocenters. The van der Waals surface area contributed by atoms with Gasteiger partial charge in [0.05, 0.1) is 0 Å². The zero-order valence-corrected chi connectivity index (χ0v) is 6.19. The van der Waals surface area contributed by atoms with Crippen molar-refractivity contribution in [3.05, 3.63) is 0 Å². The quantitative estimate of drug-likeness (QED) is 0.358. The van der Waals surface area contributed by atoms with Gasteiger partial charge >= 0.3 is 0 Å². The van der Waals surface area contributed by atoms with Gasteiger partial charge in [-0.1, -0.05) is 0 Å². The predicted molar refractivity (Wildman–Crippen MR) is 28.0 cm³/mol. The van der Waals surface area contributed by atoms with Crippen LogP contribution in [0.25, 0.3) is 0 Å². The maximum absolute atomic E-state index is 0. The summed E-state index contributed by atoms with van der Waals surface area (Å²) < 4.78 is 0. The van der Waals surface area contributed by atoms with Crippen LogP contribution >= 0.6 is 0 Å². The summed E-state index contributed by atoms with van der Waals surface area (Å²) >= 11 is 0. The first-order chi connectivity index (χ1) is 0. The van der Waals surface area contributed by atoms with Crippen molar-refractivity contribution in [2.24, 2.45) is 0 Å². The summed E-state index contributed by atoms with van der Waals surface area (Å²) in [6, 6.07) is 0. The van der Waals surface area contributed by atoms with Crippen LogP contribution in [0.15, 0.2) is 0 Å². The van der Waals surface area contributed by atoms with Gasteiger partial charge in [0.25, 0.3) is 0 Å². The maximum atomic E-state index is 0. The molecule has 0 aliphatic rings. The average molecular weight is 222 g/mol. The van der Waals surface area contributed by atoms with Crippen LogP contribution in [0.2, 0.25) is 0 Å². The van der Waals surface area contributed by atoms with Crippen LogP contribution in [0, 0.1) is 0 Å². The molecule has 10 N–H and O–H groups in total. The first-order valence-corrected chi connectivity index (χ1v) is 0. The molecule has 0 rings (SSSR count). The summed E-state index contributed by atoms with van der Waals surface area (Å²) in [5, 5.41) is 0. The molecule has 0 saturated carbocycles. The average Bonchev–Trinajstić information content (AvgIpc) is 0. The van der Waals surface area contributed by atoms with Crippen molar-refractivity contribution in [3.8, 4) is 0 Å². The number of hydrogen-bond acceptors (Lipinski definition) is 0. The van der Waals surface area contributed by atoms with Crippen molar-refractivity contribution in [1.29, 1.82) is 0 Å². The Bertz CT molecular complexity index is 10.4. The first-order valence-electron chi connectivity index (χ1n) is 0. The molecule has 0 saturated heterocycles. The topological polar surface area (TPSA) is 158 Å². The van der Waals surface area contributed by atoms with Crippen LogP contribution in [-0.2, 0) is 37.1 Å². The normalized spacial score (nSPS) is 0. The van der Waals surface area contributed by atoms with Gasteiger partial charge in [-0.25, -0.2) is 0 Å². The van der Waals surface area contributed by atoms with Crippen LogP contribution < -0.4 is 0 Å². The third-order valence-corrected chi connectivity index (χ3v) is 0. The van der Waals surface area contributed by atoms with Gasteiger partial charge < -0.3 is 27.4 Å². The molecule has 0 amide bonds. The Morgan fingerprint density at radius 3 is 0.375 bits per heavy atom. The van der Waals surface area contributed by atoms with Gasteiger partial charge in [0.2, 0.25) is 0 Å². The molecule has 0 spiro atoms. The van der Waals surface area contributed by atoms with E-state index in [-0.39, 0.29) is 81.9 Å². The Kier molecular flexibility index (Phi) is 8080. The van der Waals surface area contributed by atoms with Gasteiger partial charge in [-0.2, -0.15) is 0 Å². The fourth-order valence-electron chi connectivity index (χ4n) is 0. The van der Waals surface area contributed by atoms with Gasteiger partial charge in [-0.3, -0.25) is 0 Å². The number of rotatable bonds is 0. The van der Waals surface area contributed by atoms with E-state index in [0.29, 0.717) is 0 Å². The minimum Gasteiger partial charge on any atom is -0.412 e. The molecule has 0 aromatic heterocycles. The second-order valence-corrected chi connectivity index (χ2v) is 0. The van der Waals surface area contributed by atoms with Crippen molar-refractivity contribution in [3.63, 3.8) is 0 Å². The van der Waals surface area contributed by atoms with Crippen LogP contribution in [0.3, 0.4) is 0 Å². The Morgan fingerprint density at radius 1 is 0.375 bits per heavy atom. The molecule has 8 heavy (non-hydrogen) atoms. The molecule has 0 aromatic rings. The Balaban J connectivity index is 0. The van der Waals surface area contributed by atoms with E-state index < -0.39 is 0 Å². The zero-order chi connectivity index (χ0) is 0. The molecule has 2 radical (unpaired) electrons. The largest absolute Gasteiger partial charge is 0.412 e. The summed E-state index contributed by atoms with van der Waals surface area (Å²) in [7, 11) is 0. The summed E-state index contributed by atoms with van der Waals surface area (Å²) in [5.41, 5.74) is 0. The summed E-state index contributed by atoms with van der Waals surface area (Å²) in [6.07, 6.45) is 0. The Labute approximate surface area is 81.7 Å². The van der Waals surface area contributed by atoms with E-state index in [0.717, 1.165) is 0 Å². The molecular formula is H13AlO5V2. The van der Waals surface area contributed by atoms with Crippen molar-refractivity contribution in [2.75, 3.05) is 0 Å². The molecular weight excluding hydrogens is 209 g/mol. The van der Waals surface area contributed by atoms with Gasteiger partial charge in [0, 0.05) is 37.1 Å². The van der Waals surface area contributed by atoms with Crippen molar-refractivity contribution >= 4 is 17.4 Å². The van der Waals surface area contributed by atoms with Crippen LogP contribution in [0.5, 0.6) is 0 Å². The third-order valence-electron chi connectivity index (χ3n) is 0. The van der Waals surface area contributed by atoms with Crippen molar-refractivity contribution in [1.82, 2.24) is 0 Å². The third kappa shape index (κ3) is 141. The van der Waals surface area contributed by atoms with Crippen LogP contribution in [0.4, 0.5) is 0 Å². The maximum Gasteiger partial charge on any atom is 0.187 e. The molecule has 5 nitrogen and oxygen atoms in total. The molecule has 0 fully saturated rings. The van der Waals surface area contributed by atoms with E-state index in [1.54, 1.807) is 0 Å². The van der Waals surface area contributed by atoms with E-state index in [4.69, 9.17) is 0 Å². The summed E-state index contributed by atoms with van der Waals surface area (Å²) in [6.45, 7) is 0. The Hall–Kier alpha value is 1.50. The van der Waals surface area contributed by atoms with Crippen molar-refractivity contribution in [2.45, 2.75) is 0 Å². The molecule has 8 heteroatoms. The van der Waals surface area contributed by atoms with Crippen LogP contribution in [0.1, 0.15) is 0 Å². The minimum absolute atomic E-state index is 0. The molecule has 0 unspecified atom stereocenters. The SMILES string of the molecule is O.O.O.O.O.[AlH3].[V].[V]. The standard InChI is InChI=1S/Al.5H2O.2V.3H/h;5*1H2;;;;;. The molecule has 0 aliphatic heterocycles. The van der Waals surface area contributed by atoms with Crippen molar-refractivity contribution < 1.29 is 64.5 Å². The predicted octanol–water partition coefficient (Wildman–Crippen LogP) is -5.31.